The fraction of sp³-hybridized carbons (Fsp3) is 0.0500. The van der Waals surface area contributed by atoms with Crippen LogP contribution in [0.5, 0.6) is 11.5 Å². The number of hydrogen-bond acceptors (Lipinski definition) is 5. The van der Waals surface area contributed by atoms with Crippen molar-refractivity contribution in [1.29, 1.82) is 0 Å². The van der Waals surface area contributed by atoms with Gasteiger partial charge in [-0.1, -0.05) is 54.1 Å². The molecule has 0 saturated heterocycles. The summed E-state index contributed by atoms with van der Waals surface area (Å²) in [6.07, 6.45) is 0. The summed E-state index contributed by atoms with van der Waals surface area (Å²) in [7, 11) is -2.82. The van der Waals surface area contributed by atoms with E-state index in [0.717, 1.165) is 0 Å². The monoisotopic (exact) mass is 402 g/mol. The molecule has 0 radical (unpaired) electrons. The van der Waals surface area contributed by atoms with Crippen LogP contribution >= 0.6 is 11.6 Å². The molecule has 27 heavy (non-hydrogen) atoms. The van der Waals surface area contributed by atoms with Crippen molar-refractivity contribution in [3.63, 3.8) is 0 Å². The molecule has 7 heteroatoms. The van der Waals surface area contributed by atoms with Crippen LogP contribution in [0.4, 0.5) is 0 Å². The third-order valence-corrected chi connectivity index (χ3v) is 5.51. The van der Waals surface area contributed by atoms with Gasteiger partial charge in [-0.05, 0) is 24.3 Å². The van der Waals surface area contributed by atoms with Gasteiger partial charge in [-0.2, -0.15) is 8.42 Å². The first-order valence-electron chi connectivity index (χ1n) is 7.89. The summed E-state index contributed by atoms with van der Waals surface area (Å²) in [6, 6.07) is 18.8. The Balaban J connectivity index is 2.06. The lowest BCUT2D eigenvalue weighted by Crippen LogP contribution is -2.13. The molecule has 3 aromatic carbocycles. The average Bonchev–Trinajstić information content (AvgIpc) is 2.68. The molecule has 0 aliphatic carbocycles. The maximum absolute atomic E-state index is 12.8. The van der Waals surface area contributed by atoms with E-state index in [1.54, 1.807) is 42.5 Å². The number of carbonyl (C=O) groups excluding carboxylic acids is 1. The number of hydrogen-bond donors (Lipinski definition) is 0. The van der Waals surface area contributed by atoms with Crippen LogP contribution in [-0.4, -0.2) is 21.3 Å². The van der Waals surface area contributed by atoms with E-state index in [0.29, 0.717) is 11.3 Å². The third-order valence-electron chi connectivity index (χ3n) is 3.77. The third kappa shape index (κ3) is 4.13. The van der Waals surface area contributed by atoms with Crippen LogP contribution in [-0.2, 0) is 10.1 Å². The Labute approximate surface area is 162 Å². The van der Waals surface area contributed by atoms with Crippen molar-refractivity contribution < 1.29 is 22.1 Å². The molecule has 0 unspecified atom stereocenters. The quantitative estimate of drug-likeness (QED) is 0.453. The summed E-state index contributed by atoms with van der Waals surface area (Å²) in [5.41, 5.74) is 0.500. The molecule has 0 heterocycles. The predicted octanol–water partition coefficient (Wildman–Crippen LogP) is 4.35. The Kier molecular flexibility index (Phi) is 5.48. The summed E-state index contributed by atoms with van der Waals surface area (Å²) in [6.45, 7) is 0. The first-order chi connectivity index (χ1) is 12.9. The maximum atomic E-state index is 12.8. The average molecular weight is 403 g/mol. The summed E-state index contributed by atoms with van der Waals surface area (Å²) in [5, 5.41) is 0.0244. The molecule has 0 amide bonds. The van der Waals surface area contributed by atoms with Crippen molar-refractivity contribution in [2.45, 2.75) is 4.90 Å². The van der Waals surface area contributed by atoms with Crippen LogP contribution in [0.3, 0.4) is 0 Å². The van der Waals surface area contributed by atoms with Gasteiger partial charge in [0.2, 0.25) is 0 Å². The molecule has 0 fully saturated rings. The van der Waals surface area contributed by atoms with Gasteiger partial charge in [0.1, 0.15) is 10.6 Å². The molecule has 3 rings (SSSR count). The number of carbonyl (C=O) groups is 1. The minimum atomic E-state index is -4.25. The number of rotatable bonds is 6. The molecule has 5 nitrogen and oxygen atoms in total. The van der Waals surface area contributed by atoms with Gasteiger partial charge in [0, 0.05) is 11.6 Å². The van der Waals surface area contributed by atoms with E-state index in [-0.39, 0.29) is 27.0 Å². The Morgan fingerprint density at radius 2 is 1.59 bits per heavy atom. The molecular weight excluding hydrogens is 388 g/mol. The van der Waals surface area contributed by atoms with Gasteiger partial charge >= 0.3 is 10.1 Å². The van der Waals surface area contributed by atoms with Crippen LogP contribution in [0.15, 0.2) is 77.7 Å². The van der Waals surface area contributed by atoms with E-state index >= 15 is 0 Å². The highest BCUT2D eigenvalue weighted by atomic mass is 35.5. The molecule has 0 aromatic heterocycles. The zero-order valence-electron chi connectivity index (χ0n) is 14.3. The highest BCUT2D eigenvalue weighted by Gasteiger charge is 2.24. The van der Waals surface area contributed by atoms with Crippen LogP contribution in [0.1, 0.15) is 15.9 Å². The topological polar surface area (TPSA) is 69.7 Å². The largest absolute Gasteiger partial charge is 0.497 e. The summed E-state index contributed by atoms with van der Waals surface area (Å²) in [4.78, 5) is 12.6. The SMILES string of the molecule is COc1ccc(C(=O)c2ccccc2)c(OS(=O)(=O)c2ccccc2Cl)c1. The van der Waals surface area contributed by atoms with E-state index in [1.165, 1.54) is 37.4 Å². The molecule has 3 aromatic rings. The zero-order chi connectivity index (χ0) is 19.4. The van der Waals surface area contributed by atoms with Gasteiger partial charge < -0.3 is 8.92 Å². The van der Waals surface area contributed by atoms with Gasteiger partial charge in [-0.15, -0.1) is 0 Å². The lowest BCUT2D eigenvalue weighted by molar-refractivity contribution is 0.103. The molecule has 0 atom stereocenters. The second kappa shape index (κ2) is 7.82. The first kappa shape index (κ1) is 18.9. The summed E-state index contributed by atoms with van der Waals surface area (Å²) >= 11 is 5.98. The molecule has 0 aliphatic heterocycles. The molecule has 0 saturated carbocycles. The second-order valence-electron chi connectivity index (χ2n) is 5.53. The Hall–Kier alpha value is -2.83. The molecule has 0 spiro atoms. The number of ether oxygens (including phenoxy) is 1. The highest BCUT2D eigenvalue weighted by Crippen LogP contribution is 2.31. The van der Waals surface area contributed by atoms with Gasteiger partial charge in [0.05, 0.1) is 17.7 Å². The van der Waals surface area contributed by atoms with Crippen molar-refractivity contribution in [3.8, 4) is 11.5 Å². The van der Waals surface area contributed by atoms with Crippen molar-refractivity contribution >= 4 is 27.5 Å². The molecular formula is C20H15ClO5S. The van der Waals surface area contributed by atoms with Crippen molar-refractivity contribution in [3.05, 3.63) is 88.9 Å². The number of methoxy groups -OCH3 is 1. The smallest absolute Gasteiger partial charge is 0.340 e. The van der Waals surface area contributed by atoms with E-state index in [2.05, 4.69) is 0 Å². The fourth-order valence-electron chi connectivity index (χ4n) is 2.44. The van der Waals surface area contributed by atoms with Crippen LogP contribution in [0.25, 0.3) is 0 Å². The standard InChI is InChI=1S/C20H15ClO5S/c1-25-15-11-12-16(20(22)14-7-3-2-4-8-14)18(13-15)26-27(23,24)19-10-6-5-9-17(19)21/h2-13H,1H3. The van der Waals surface area contributed by atoms with E-state index in [1.807, 2.05) is 0 Å². The van der Waals surface area contributed by atoms with Gasteiger partial charge in [-0.25, -0.2) is 0 Å². The number of benzene rings is 3. The molecule has 0 N–H and O–H groups in total. The van der Waals surface area contributed by atoms with Gasteiger partial charge in [0.25, 0.3) is 0 Å². The zero-order valence-corrected chi connectivity index (χ0v) is 15.8. The van der Waals surface area contributed by atoms with Crippen molar-refractivity contribution in [1.82, 2.24) is 0 Å². The van der Waals surface area contributed by atoms with Crippen LogP contribution in [0.2, 0.25) is 5.02 Å². The molecule has 0 aliphatic rings. The maximum Gasteiger partial charge on any atom is 0.340 e. The number of ketones is 1. The summed E-state index contributed by atoms with van der Waals surface area (Å²) in [5.74, 6) is -0.158. The Morgan fingerprint density at radius 1 is 0.926 bits per heavy atom. The van der Waals surface area contributed by atoms with E-state index in [9.17, 15) is 13.2 Å². The first-order valence-corrected chi connectivity index (χ1v) is 9.68. The normalized spacial score (nSPS) is 11.0. The second-order valence-corrected chi connectivity index (χ2v) is 7.45. The molecule has 0 bridgehead atoms. The van der Waals surface area contributed by atoms with E-state index < -0.39 is 10.1 Å². The Morgan fingerprint density at radius 3 is 2.26 bits per heavy atom. The van der Waals surface area contributed by atoms with Gasteiger partial charge in [0.15, 0.2) is 11.5 Å². The van der Waals surface area contributed by atoms with Gasteiger partial charge in [-0.3, -0.25) is 4.79 Å². The highest BCUT2D eigenvalue weighted by molar-refractivity contribution is 7.87. The lowest BCUT2D eigenvalue weighted by atomic mass is 10.0. The van der Waals surface area contributed by atoms with Crippen LogP contribution in [0, 0.1) is 0 Å². The van der Waals surface area contributed by atoms with Crippen molar-refractivity contribution in [2.24, 2.45) is 0 Å². The molecule has 138 valence electrons. The van der Waals surface area contributed by atoms with Crippen LogP contribution < -0.4 is 8.92 Å². The van der Waals surface area contributed by atoms with Crippen molar-refractivity contribution in [2.75, 3.05) is 7.11 Å². The minimum Gasteiger partial charge on any atom is -0.497 e. The summed E-state index contributed by atoms with van der Waals surface area (Å²) < 4.78 is 35.7. The predicted molar refractivity (Wildman–Crippen MR) is 102 cm³/mol. The fourth-order valence-corrected chi connectivity index (χ4v) is 3.88. The lowest BCUT2D eigenvalue weighted by Gasteiger charge is -2.13. The Bertz CT molecular complexity index is 1080. The van der Waals surface area contributed by atoms with E-state index in [4.69, 9.17) is 20.5 Å². The minimum absolute atomic E-state index is 0.0244. The number of halogens is 1.